The van der Waals surface area contributed by atoms with Crippen LogP contribution >= 0.6 is 11.3 Å². The third kappa shape index (κ3) is 2.69. The summed E-state index contributed by atoms with van der Waals surface area (Å²) in [6.07, 6.45) is 8.18. The van der Waals surface area contributed by atoms with E-state index < -0.39 is 5.92 Å². The minimum absolute atomic E-state index is 0.0393. The van der Waals surface area contributed by atoms with Gasteiger partial charge in [-0.15, -0.1) is 11.3 Å². The lowest BCUT2D eigenvalue weighted by Gasteiger charge is -2.21. The second-order valence-corrected chi connectivity index (χ2v) is 7.03. The predicted molar refractivity (Wildman–Crippen MR) is 105 cm³/mol. The number of pyridine rings is 2. The number of thiazole rings is 1. The van der Waals surface area contributed by atoms with Crippen LogP contribution in [0.5, 0.6) is 0 Å². The molecule has 3 aromatic heterocycles. The Hall–Kier alpha value is -4.01. The molecule has 0 radical (unpaired) electrons. The molecule has 4 heterocycles. The van der Waals surface area contributed by atoms with E-state index >= 15 is 0 Å². The second kappa shape index (κ2) is 6.95. The van der Waals surface area contributed by atoms with E-state index in [1.807, 2.05) is 6.07 Å². The largest absolute Gasteiger partial charge is 0.384 e. The van der Waals surface area contributed by atoms with Gasteiger partial charge in [-0.3, -0.25) is 19.3 Å². The number of hydrogen-bond donors (Lipinski definition) is 1. The fourth-order valence-electron chi connectivity index (χ4n) is 3.14. The van der Waals surface area contributed by atoms with Crippen molar-refractivity contribution >= 4 is 28.8 Å². The maximum Gasteiger partial charge on any atom is 0.274 e. The molecule has 0 spiro atoms. The summed E-state index contributed by atoms with van der Waals surface area (Å²) in [6.45, 7) is 0. The third-order valence-corrected chi connectivity index (χ3v) is 5.50. The lowest BCUT2D eigenvalue weighted by atomic mass is 9.85. The molecular formula is C20H12N6OS. The highest BCUT2D eigenvalue weighted by molar-refractivity contribution is 7.07. The molecule has 0 fully saturated rings. The zero-order valence-electron chi connectivity index (χ0n) is 14.4. The zero-order chi connectivity index (χ0) is 19.7. The highest BCUT2D eigenvalue weighted by Gasteiger charge is 2.32. The van der Waals surface area contributed by atoms with Gasteiger partial charge in [-0.1, -0.05) is 12.1 Å². The van der Waals surface area contributed by atoms with E-state index in [0.717, 1.165) is 5.56 Å². The molecule has 3 aromatic rings. The number of nitrogens with zero attached hydrogens (tertiary/aromatic N) is 5. The first kappa shape index (κ1) is 17.4. The van der Waals surface area contributed by atoms with E-state index in [4.69, 9.17) is 5.73 Å². The molecule has 1 aliphatic rings. The average molecular weight is 384 g/mol. The second-order valence-electron chi connectivity index (χ2n) is 6.00. The Morgan fingerprint density at radius 1 is 1.11 bits per heavy atom. The van der Waals surface area contributed by atoms with Gasteiger partial charge in [0.15, 0.2) is 0 Å². The number of nitriles is 2. The first-order valence-corrected chi connectivity index (χ1v) is 9.05. The van der Waals surface area contributed by atoms with Crippen LogP contribution in [-0.2, 0) is 0 Å². The van der Waals surface area contributed by atoms with Crippen LogP contribution < -0.4 is 20.5 Å². The van der Waals surface area contributed by atoms with Gasteiger partial charge in [0.05, 0.1) is 33.7 Å². The van der Waals surface area contributed by atoms with E-state index in [0.29, 0.717) is 20.3 Å². The van der Waals surface area contributed by atoms with Crippen molar-refractivity contribution in [1.82, 2.24) is 14.5 Å². The van der Waals surface area contributed by atoms with Crippen molar-refractivity contribution < 1.29 is 0 Å². The van der Waals surface area contributed by atoms with E-state index in [9.17, 15) is 15.3 Å². The normalized spacial score (nSPS) is 16.4. The molecule has 4 rings (SSSR count). The van der Waals surface area contributed by atoms with Crippen molar-refractivity contribution in [3.63, 3.8) is 0 Å². The van der Waals surface area contributed by atoms with Crippen LogP contribution in [0.3, 0.4) is 0 Å². The molecule has 134 valence electrons. The van der Waals surface area contributed by atoms with Gasteiger partial charge in [-0.05, 0) is 29.3 Å². The van der Waals surface area contributed by atoms with Gasteiger partial charge in [-0.25, -0.2) is 0 Å². The molecule has 1 unspecified atom stereocenters. The summed E-state index contributed by atoms with van der Waals surface area (Å²) in [6, 6.07) is 11.3. The molecule has 1 aliphatic heterocycles. The molecule has 0 aromatic carbocycles. The summed E-state index contributed by atoms with van der Waals surface area (Å²) in [4.78, 5) is 21.1. The van der Waals surface area contributed by atoms with Crippen molar-refractivity contribution in [2.45, 2.75) is 5.92 Å². The molecular weight excluding hydrogens is 372 g/mol. The molecule has 7 nitrogen and oxygen atoms in total. The number of allylic oxidation sites excluding steroid dienone is 1. The molecule has 1 atom stereocenters. The SMILES string of the molecule is N#CC1=C(N)n2c(s/c(=C/c3cccnc3)c2=O)=C(C#N)C1c1cccnc1. The van der Waals surface area contributed by atoms with E-state index in [2.05, 4.69) is 22.1 Å². The summed E-state index contributed by atoms with van der Waals surface area (Å²) >= 11 is 1.17. The Bertz CT molecular complexity index is 1350. The Morgan fingerprint density at radius 3 is 2.43 bits per heavy atom. The summed E-state index contributed by atoms with van der Waals surface area (Å²) in [5, 5.41) is 19.6. The highest BCUT2D eigenvalue weighted by atomic mass is 32.1. The molecule has 8 heteroatoms. The average Bonchev–Trinajstić information content (AvgIpc) is 3.05. The number of fused-ring (bicyclic) bond motifs is 1. The molecule has 0 bridgehead atoms. The van der Waals surface area contributed by atoms with Gasteiger partial charge in [0.1, 0.15) is 10.5 Å². The summed E-state index contributed by atoms with van der Waals surface area (Å²) in [5.74, 6) is -0.620. The lowest BCUT2D eigenvalue weighted by Crippen LogP contribution is -2.38. The smallest absolute Gasteiger partial charge is 0.274 e. The Balaban J connectivity index is 2.08. The minimum Gasteiger partial charge on any atom is -0.384 e. The first-order chi connectivity index (χ1) is 13.7. The summed E-state index contributed by atoms with van der Waals surface area (Å²) in [5.41, 5.74) is 7.72. The van der Waals surface area contributed by atoms with Crippen molar-refractivity contribution in [2.75, 3.05) is 0 Å². The van der Waals surface area contributed by atoms with Gasteiger partial charge in [-0.2, -0.15) is 10.5 Å². The maximum atomic E-state index is 13.0. The van der Waals surface area contributed by atoms with Gasteiger partial charge in [0.2, 0.25) is 0 Å². The van der Waals surface area contributed by atoms with Crippen LogP contribution in [0.2, 0.25) is 0 Å². The van der Waals surface area contributed by atoms with Crippen molar-refractivity contribution in [1.29, 1.82) is 10.5 Å². The van der Waals surface area contributed by atoms with Crippen molar-refractivity contribution in [2.24, 2.45) is 5.73 Å². The quantitative estimate of drug-likeness (QED) is 0.692. The molecule has 28 heavy (non-hydrogen) atoms. The molecule has 0 aliphatic carbocycles. The Morgan fingerprint density at radius 2 is 1.82 bits per heavy atom. The number of hydrogen-bond acceptors (Lipinski definition) is 7. The van der Waals surface area contributed by atoms with Crippen molar-refractivity contribution in [3.05, 3.63) is 85.3 Å². The number of nitrogens with two attached hydrogens (primary N) is 1. The molecule has 0 amide bonds. The van der Waals surface area contributed by atoms with Crippen LogP contribution in [-0.4, -0.2) is 14.5 Å². The van der Waals surface area contributed by atoms with Crippen LogP contribution in [0, 0.1) is 22.7 Å². The summed E-state index contributed by atoms with van der Waals surface area (Å²) in [7, 11) is 0. The third-order valence-electron chi connectivity index (χ3n) is 4.39. The molecule has 2 N–H and O–H groups in total. The van der Waals surface area contributed by atoms with Crippen LogP contribution in [0.25, 0.3) is 17.5 Å². The lowest BCUT2D eigenvalue weighted by molar-refractivity contribution is 0.902. The Labute approximate surface area is 163 Å². The van der Waals surface area contributed by atoms with Gasteiger partial charge in [0, 0.05) is 24.8 Å². The summed E-state index contributed by atoms with van der Waals surface area (Å²) < 4.78 is 2.08. The van der Waals surface area contributed by atoms with Crippen LogP contribution in [0.15, 0.2) is 59.4 Å². The zero-order valence-corrected chi connectivity index (χ0v) is 15.2. The first-order valence-electron chi connectivity index (χ1n) is 8.23. The molecule has 0 saturated carbocycles. The number of rotatable bonds is 2. The molecule has 0 saturated heterocycles. The van der Waals surface area contributed by atoms with Crippen LogP contribution in [0.1, 0.15) is 17.0 Å². The highest BCUT2D eigenvalue weighted by Crippen LogP contribution is 2.34. The fourth-order valence-corrected chi connectivity index (χ4v) is 4.27. The van der Waals surface area contributed by atoms with Crippen LogP contribution in [0.4, 0.5) is 0 Å². The predicted octanol–water partition coefficient (Wildman–Crippen LogP) is 0.651. The van der Waals surface area contributed by atoms with Gasteiger partial charge in [0.25, 0.3) is 5.56 Å². The maximum absolute atomic E-state index is 13.0. The van der Waals surface area contributed by atoms with Gasteiger partial charge < -0.3 is 5.73 Å². The van der Waals surface area contributed by atoms with E-state index in [-0.39, 0.29) is 17.0 Å². The number of aromatic nitrogens is 3. The van der Waals surface area contributed by atoms with Crippen molar-refractivity contribution in [3.8, 4) is 12.1 Å². The minimum atomic E-state index is -0.659. The Kier molecular flexibility index (Phi) is 4.32. The topological polar surface area (TPSA) is 121 Å². The van der Waals surface area contributed by atoms with Gasteiger partial charge >= 0.3 is 0 Å². The standard InChI is InChI=1S/C20H12N6OS/c21-8-14-17(13-4-2-6-25-11-13)15(9-22)20-26(18(14)23)19(27)16(28-20)7-12-3-1-5-24-10-12/h1-7,10-11,17H,23H2/b16-7+. The monoisotopic (exact) mass is 384 g/mol. The van der Waals surface area contributed by atoms with E-state index in [1.54, 1.807) is 49.1 Å². The van der Waals surface area contributed by atoms with E-state index in [1.165, 1.54) is 15.9 Å². The fraction of sp³-hybridized carbons (Fsp3) is 0.0500.